The zero-order valence-corrected chi connectivity index (χ0v) is 14.2. The van der Waals surface area contributed by atoms with E-state index in [1.807, 2.05) is 24.3 Å². The Hall–Kier alpha value is -3.47. The van der Waals surface area contributed by atoms with Crippen LogP contribution in [0.2, 0.25) is 0 Å². The molecule has 0 aliphatic heterocycles. The average Bonchev–Trinajstić information content (AvgIpc) is 3.01. The third-order valence-corrected chi connectivity index (χ3v) is 4.77. The molecule has 0 spiro atoms. The number of nitrogens with two attached hydrogens (primary N) is 1. The molecule has 0 unspecified atom stereocenters. The summed E-state index contributed by atoms with van der Waals surface area (Å²) in [5.41, 5.74) is 10.3. The first-order valence-electron chi connectivity index (χ1n) is 8.29. The fourth-order valence-corrected chi connectivity index (χ4v) is 3.53. The van der Waals surface area contributed by atoms with E-state index in [2.05, 4.69) is 29.2 Å². The fraction of sp³-hybridized carbons (Fsp3) is 0.0952. The van der Waals surface area contributed by atoms with Crippen molar-refractivity contribution in [3.05, 3.63) is 89.2 Å². The Morgan fingerprint density at radius 3 is 2.00 bits per heavy atom. The molecule has 5 nitrogen and oxygen atoms in total. The van der Waals surface area contributed by atoms with Crippen LogP contribution in [0.15, 0.2) is 66.9 Å². The van der Waals surface area contributed by atoms with Crippen molar-refractivity contribution in [1.29, 1.82) is 0 Å². The predicted octanol–water partition coefficient (Wildman–Crippen LogP) is 3.02. The number of benzene rings is 2. The highest BCUT2D eigenvalue weighted by Crippen LogP contribution is 2.45. The summed E-state index contributed by atoms with van der Waals surface area (Å²) < 4.78 is 0. The van der Waals surface area contributed by atoms with Crippen molar-refractivity contribution >= 4 is 11.8 Å². The van der Waals surface area contributed by atoms with Crippen LogP contribution in [0.5, 0.6) is 0 Å². The van der Waals surface area contributed by atoms with E-state index in [-0.39, 0.29) is 17.6 Å². The summed E-state index contributed by atoms with van der Waals surface area (Å²) in [7, 11) is 1.79. The largest absolute Gasteiger partial charge is 0.364 e. The van der Waals surface area contributed by atoms with Gasteiger partial charge >= 0.3 is 0 Å². The maximum atomic E-state index is 13.0. The third-order valence-electron chi connectivity index (χ3n) is 4.77. The van der Waals surface area contributed by atoms with Crippen molar-refractivity contribution in [2.45, 2.75) is 6.04 Å². The lowest BCUT2D eigenvalue weighted by Crippen LogP contribution is -2.31. The maximum Gasteiger partial charge on any atom is 0.267 e. The number of aromatic nitrogens is 1. The molecule has 0 saturated carbocycles. The number of hydrogen-bond acceptors (Lipinski definition) is 3. The van der Waals surface area contributed by atoms with Crippen molar-refractivity contribution < 1.29 is 9.59 Å². The summed E-state index contributed by atoms with van der Waals surface area (Å²) in [4.78, 5) is 29.9. The molecule has 1 aliphatic carbocycles. The highest BCUT2D eigenvalue weighted by Gasteiger charge is 2.33. The monoisotopic (exact) mass is 343 g/mol. The number of carbonyl (C=O) groups excluding carboxylic acids is 2. The van der Waals surface area contributed by atoms with Gasteiger partial charge in [-0.3, -0.25) is 14.6 Å². The first kappa shape index (κ1) is 16.0. The minimum absolute atomic E-state index is 0.140. The second kappa shape index (κ2) is 6.11. The minimum atomic E-state index is -0.615. The molecule has 26 heavy (non-hydrogen) atoms. The Kier molecular flexibility index (Phi) is 3.77. The van der Waals surface area contributed by atoms with Gasteiger partial charge in [0.05, 0.1) is 11.6 Å². The van der Waals surface area contributed by atoms with E-state index in [0.29, 0.717) is 5.56 Å². The van der Waals surface area contributed by atoms with Crippen LogP contribution in [0.25, 0.3) is 11.1 Å². The van der Waals surface area contributed by atoms with E-state index >= 15 is 0 Å². The fourth-order valence-electron chi connectivity index (χ4n) is 3.53. The quantitative estimate of drug-likeness (QED) is 0.794. The number of pyridine rings is 1. The number of fused-ring (bicyclic) bond motifs is 3. The van der Waals surface area contributed by atoms with Crippen molar-refractivity contribution in [2.75, 3.05) is 7.05 Å². The van der Waals surface area contributed by atoms with Crippen LogP contribution in [-0.2, 0) is 0 Å². The molecule has 3 aromatic rings. The average molecular weight is 343 g/mol. The SMILES string of the molecule is CN(C(=O)c1ccc(C(N)=O)nc1)C1c2ccccc2-c2ccccc21. The van der Waals surface area contributed by atoms with E-state index < -0.39 is 5.91 Å². The van der Waals surface area contributed by atoms with Crippen molar-refractivity contribution in [3.8, 4) is 11.1 Å². The Labute approximate surface area is 151 Å². The Balaban J connectivity index is 1.73. The van der Waals surface area contributed by atoms with Crippen molar-refractivity contribution in [2.24, 2.45) is 5.73 Å². The Bertz CT molecular complexity index is 966. The number of carbonyl (C=O) groups is 2. The van der Waals surface area contributed by atoms with E-state index in [4.69, 9.17) is 5.73 Å². The van der Waals surface area contributed by atoms with E-state index in [1.165, 1.54) is 12.3 Å². The van der Waals surface area contributed by atoms with Gasteiger partial charge in [0.2, 0.25) is 0 Å². The van der Waals surface area contributed by atoms with Gasteiger partial charge in [-0.1, -0.05) is 48.5 Å². The van der Waals surface area contributed by atoms with Crippen LogP contribution in [0, 0.1) is 0 Å². The molecular formula is C21H17N3O2. The second-order valence-electron chi connectivity index (χ2n) is 6.29. The molecular weight excluding hydrogens is 326 g/mol. The van der Waals surface area contributed by atoms with Gasteiger partial charge in [0, 0.05) is 13.2 Å². The molecule has 5 heteroatoms. The molecule has 4 rings (SSSR count). The molecule has 2 amide bonds. The topological polar surface area (TPSA) is 76.3 Å². The first-order valence-corrected chi connectivity index (χ1v) is 8.29. The second-order valence-corrected chi connectivity index (χ2v) is 6.29. The summed E-state index contributed by atoms with van der Waals surface area (Å²) in [5, 5.41) is 0. The smallest absolute Gasteiger partial charge is 0.267 e. The lowest BCUT2D eigenvalue weighted by Gasteiger charge is -2.26. The normalized spacial score (nSPS) is 12.3. The van der Waals surface area contributed by atoms with Crippen LogP contribution >= 0.6 is 0 Å². The van der Waals surface area contributed by atoms with Crippen LogP contribution in [0.3, 0.4) is 0 Å². The Morgan fingerprint density at radius 2 is 1.50 bits per heavy atom. The molecule has 0 saturated heterocycles. The summed E-state index contributed by atoms with van der Waals surface area (Å²) in [6.45, 7) is 0. The molecule has 0 fully saturated rings. The first-order chi connectivity index (χ1) is 12.6. The van der Waals surface area contributed by atoms with Crippen LogP contribution < -0.4 is 5.73 Å². The highest BCUT2D eigenvalue weighted by atomic mass is 16.2. The van der Waals surface area contributed by atoms with Crippen LogP contribution in [-0.4, -0.2) is 28.7 Å². The van der Waals surface area contributed by atoms with Gasteiger partial charge in [0.25, 0.3) is 11.8 Å². The van der Waals surface area contributed by atoms with Gasteiger partial charge in [-0.25, -0.2) is 0 Å². The maximum absolute atomic E-state index is 13.0. The molecule has 128 valence electrons. The van der Waals surface area contributed by atoms with Gasteiger partial charge in [-0.05, 0) is 34.4 Å². The van der Waals surface area contributed by atoms with E-state index in [0.717, 1.165) is 22.3 Å². The highest BCUT2D eigenvalue weighted by molar-refractivity contribution is 5.96. The Morgan fingerprint density at radius 1 is 0.923 bits per heavy atom. The van der Waals surface area contributed by atoms with Gasteiger partial charge in [-0.15, -0.1) is 0 Å². The number of primary amides is 1. The number of amides is 2. The summed E-state index contributed by atoms with van der Waals surface area (Å²) in [5.74, 6) is -0.777. The number of hydrogen-bond donors (Lipinski definition) is 1. The summed E-state index contributed by atoms with van der Waals surface area (Å²) >= 11 is 0. The molecule has 0 bridgehead atoms. The number of rotatable bonds is 3. The summed E-state index contributed by atoms with van der Waals surface area (Å²) in [6.07, 6.45) is 1.39. The summed E-state index contributed by atoms with van der Waals surface area (Å²) in [6, 6.07) is 19.1. The molecule has 2 aromatic carbocycles. The predicted molar refractivity (Wildman–Crippen MR) is 98.6 cm³/mol. The standard InChI is InChI=1S/C21H17N3O2/c1-24(21(26)13-10-11-18(20(22)25)23-12-13)19-16-8-4-2-6-14(16)15-7-3-5-9-17(15)19/h2-12,19H,1H3,(H2,22,25). The van der Waals surface area contributed by atoms with Crippen LogP contribution in [0.4, 0.5) is 0 Å². The van der Waals surface area contributed by atoms with Gasteiger partial charge in [0.15, 0.2) is 0 Å². The molecule has 0 atom stereocenters. The lowest BCUT2D eigenvalue weighted by atomic mass is 10.0. The lowest BCUT2D eigenvalue weighted by molar-refractivity contribution is 0.0756. The van der Waals surface area contributed by atoms with Crippen molar-refractivity contribution in [1.82, 2.24) is 9.88 Å². The van der Waals surface area contributed by atoms with Gasteiger partial charge in [0.1, 0.15) is 5.69 Å². The molecule has 1 aliphatic rings. The number of nitrogens with zero attached hydrogens (tertiary/aromatic N) is 2. The van der Waals surface area contributed by atoms with Crippen molar-refractivity contribution in [3.63, 3.8) is 0 Å². The zero-order valence-electron chi connectivity index (χ0n) is 14.2. The van der Waals surface area contributed by atoms with E-state index in [9.17, 15) is 9.59 Å². The molecule has 1 aromatic heterocycles. The molecule has 2 N–H and O–H groups in total. The van der Waals surface area contributed by atoms with Gasteiger partial charge in [-0.2, -0.15) is 0 Å². The van der Waals surface area contributed by atoms with Gasteiger partial charge < -0.3 is 10.6 Å². The minimum Gasteiger partial charge on any atom is -0.364 e. The van der Waals surface area contributed by atoms with Crippen LogP contribution in [0.1, 0.15) is 38.0 Å². The molecule has 1 heterocycles. The third kappa shape index (κ3) is 2.45. The molecule has 0 radical (unpaired) electrons. The zero-order chi connectivity index (χ0) is 18.3. The van der Waals surface area contributed by atoms with E-state index in [1.54, 1.807) is 18.0 Å².